The third-order valence-electron chi connectivity index (χ3n) is 2.20. The van der Waals surface area contributed by atoms with Crippen LogP contribution in [0.4, 0.5) is 0 Å². The van der Waals surface area contributed by atoms with E-state index in [4.69, 9.17) is 9.15 Å². The summed E-state index contributed by atoms with van der Waals surface area (Å²) in [5.74, 6) is 1.21. The molecule has 0 unspecified atom stereocenters. The number of carbonyl (C=O) groups is 1. The molecule has 0 bridgehead atoms. The highest BCUT2D eigenvalue weighted by molar-refractivity contribution is 5.90. The lowest BCUT2D eigenvalue weighted by Gasteiger charge is -2.02. The first-order valence-electron chi connectivity index (χ1n) is 5.45. The number of esters is 1. The summed E-state index contributed by atoms with van der Waals surface area (Å²) in [6.45, 7) is 6.35. The van der Waals surface area contributed by atoms with Gasteiger partial charge in [-0.1, -0.05) is 20.3 Å². The average Bonchev–Trinajstić information content (AvgIpc) is 2.60. The molecular formula is C12H18O3. The Bertz CT molecular complexity index is 326. The summed E-state index contributed by atoms with van der Waals surface area (Å²) in [4.78, 5) is 11.6. The SMILES string of the molecule is CCCCOC(=O)c1cc(C)oc1CC. The van der Waals surface area contributed by atoms with Gasteiger partial charge in [0, 0.05) is 6.42 Å². The Kier molecular flexibility index (Phi) is 4.40. The summed E-state index contributed by atoms with van der Waals surface area (Å²) in [5.41, 5.74) is 0.575. The minimum atomic E-state index is -0.267. The monoisotopic (exact) mass is 210 g/mol. The van der Waals surface area contributed by atoms with Gasteiger partial charge in [-0.2, -0.15) is 0 Å². The first kappa shape index (κ1) is 11.8. The summed E-state index contributed by atoms with van der Waals surface area (Å²) < 4.78 is 10.5. The third kappa shape index (κ3) is 3.11. The molecule has 0 N–H and O–H groups in total. The predicted octanol–water partition coefficient (Wildman–Crippen LogP) is 3.11. The second-order valence-corrected chi connectivity index (χ2v) is 3.54. The molecule has 0 fully saturated rings. The van der Waals surface area contributed by atoms with Gasteiger partial charge in [0.15, 0.2) is 0 Å². The van der Waals surface area contributed by atoms with Crippen LogP contribution < -0.4 is 0 Å². The van der Waals surface area contributed by atoms with Gasteiger partial charge in [0.1, 0.15) is 17.1 Å². The van der Waals surface area contributed by atoms with Crippen LogP contribution in [0.15, 0.2) is 10.5 Å². The van der Waals surface area contributed by atoms with Gasteiger partial charge in [-0.15, -0.1) is 0 Å². The molecule has 0 amide bonds. The van der Waals surface area contributed by atoms with E-state index in [9.17, 15) is 4.79 Å². The van der Waals surface area contributed by atoms with Crippen molar-refractivity contribution < 1.29 is 13.9 Å². The Hall–Kier alpha value is -1.25. The second-order valence-electron chi connectivity index (χ2n) is 3.54. The number of carbonyl (C=O) groups excluding carboxylic acids is 1. The minimum Gasteiger partial charge on any atom is -0.465 e. The van der Waals surface area contributed by atoms with E-state index in [1.807, 2.05) is 13.8 Å². The van der Waals surface area contributed by atoms with Gasteiger partial charge in [-0.3, -0.25) is 0 Å². The number of hydrogen-bond acceptors (Lipinski definition) is 3. The quantitative estimate of drug-likeness (QED) is 0.553. The molecule has 84 valence electrons. The van der Waals surface area contributed by atoms with E-state index in [-0.39, 0.29) is 5.97 Å². The normalized spacial score (nSPS) is 10.3. The van der Waals surface area contributed by atoms with E-state index in [2.05, 4.69) is 6.92 Å². The smallest absolute Gasteiger partial charge is 0.341 e. The highest BCUT2D eigenvalue weighted by Crippen LogP contribution is 2.16. The van der Waals surface area contributed by atoms with Crippen LogP contribution in [0, 0.1) is 6.92 Å². The molecule has 0 aromatic carbocycles. The lowest BCUT2D eigenvalue weighted by atomic mass is 10.2. The lowest BCUT2D eigenvalue weighted by Crippen LogP contribution is -2.07. The maximum Gasteiger partial charge on any atom is 0.341 e. The van der Waals surface area contributed by atoms with Crippen molar-refractivity contribution in [2.24, 2.45) is 0 Å². The second kappa shape index (κ2) is 5.59. The van der Waals surface area contributed by atoms with Crippen LogP contribution in [0.2, 0.25) is 0 Å². The molecule has 1 heterocycles. The standard InChI is InChI=1S/C12H18O3/c1-4-6-7-14-12(13)10-8-9(3)15-11(10)5-2/h8H,4-7H2,1-3H3. The molecule has 1 rings (SSSR count). The molecule has 0 atom stereocenters. The largest absolute Gasteiger partial charge is 0.465 e. The van der Waals surface area contributed by atoms with Gasteiger partial charge in [0.2, 0.25) is 0 Å². The summed E-state index contributed by atoms with van der Waals surface area (Å²) >= 11 is 0. The van der Waals surface area contributed by atoms with Gasteiger partial charge in [0.05, 0.1) is 6.61 Å². The van der Waals surface area contributed by atoms with E-state index in [0.717, 1.165) is 18.6 Å². The summed E-state index contributed by atoms with van der Waals surface area (Å²) in [6, 6.07) is 1.74. The number of furan rings is 1. The fourth-order valence-electron chi connectivity index (χ4n) is 1.38. The fourth-order valence-corrected chi connectivity index (χ4v) is 1.38. The first-order valence-corrected chi connectivity index (χ1v) is 5.45. The highest BCUT2D eigenvalue weighted by Gasteiger charge is 2.16. The van der Waals surface area contributed by atoms with Crippen molar-refractivity contribution in [1.29, 1.82) is 0 Å². The van der Waals surface area contributed by atoms with Crippen molar-refractivity contribution in [3.63, 3.8) is 0 Å². The molecule has 1 aromatic heterocycles. The van der Waals surface area contributed by atoms with Crippen molar-refractivity contribution in [3.8, 4) is 0 Å². The molecule has 0 spiro atoms. The van der Waals surface area contributed by atoms with Crippen molar-refractivity contribution in [2.45, 2.75) is 40.0 Å². The molecule has 0 saturated heterocycles. The van der Waals surface area contributed by atoms with Gasteiger partial charge >= 0.3 is 5.97 Å². The highest BCUT2D eigenvalue weighted by atomic mass is 16.5. The Morgan fingerprint density at radius 2 is 2.20 bits per heavy atom. The number of ether oxygens (including phenoxy) is 1. The van der Waals surface area contributed by atoms with Gasteiger partial charge < -0.3 is 9.15 Å². The molecular weight excluding hydrogens is 192 g/mol. The predicted molar refractivity (Wildman–Crippen MR) is 58.0 cm³/mol. The van der Waals surface area contributed by atoms with Crippen molar-refractivity contribution in [2.75, 3.05) is 6.61 Å². The van der Waals surface area contributed by atoms with Crippen molar-refractivity contribution >= 4 is 5.97 Å². The van der Waals surface area contributed by atoms with Crippen molar-refractivity contribution in [3.05, 3.63) is 23.2 Å². The fraction of sp³-hybridized carbons (Fsp3) is 0.583. The zero-order chi connectivity index (χ0) is 11.3. The van der Waals surface area contributed by atoms with E-state index in [1.165, 1.54) is 0 Å². The Morgan fingerprint density at radius 1 is 1.47 bits per heavy atom. The summed E-state index contributed by atoms with van der Waals surface area (Å²) in [7, 11) is 0. The maximum absolute atomic E-state index is 11.6. The zero-order valence-corrected chi connectivity index (χ0v) is 9.63. The molecule has 0 radical (unpaired) electrons. The molecule has 15 heavy (non-hydrogen) atoms. The van der Waals surface area contributed by atoms with Crippen LogP contribution in [-0.2, 0) is 11.2 Å². The van der Waals surface area contributed by atoms with E-state index < -0.39 is 0 Å². The zero-order valence-electron chi connectivity index (χ0n) is 9.63. The maximum atomic E-state index is 11.6. The molecule has 3 nitrogen and oxygen atoms in total. The minimum absolute atomic E-state index is 0.267. The van der Waals surface area contributed by atoms with E-state index in [1.54, 1.807) is 6.07 Å². The number of rotatable bonds is 5. The van der Waals surface area contributed by atoms with E-state index >= 15 is 0 Å². The van der Waals surface area contributed by atoms with Crippen LogP contribution in [0.3, 0.4) is 0 Å². The van der Waals surface area contributed by atoms with Gasteiger partial charge in [0.25, 0.3) is 0 Å². The molecule has 0 aliphatic carbocycles. The Labute approximate surface area is 90.4 Å². The van der Waals surface area contributed by atoms with Gasteiger partial charge in [-0.25, -0.2) is 4.79 Å². The molecule has 0 aliphatic heterocycles. The Balaban J connectivity index is 2.64. The average molecular weight is 210 g/mol. The summed E-state index contributed by atoms with van der Waals surface area (Å²) in [6.07, 6.45) is 2.65. The number of hydrogen-bond donors (Lipinski definition) is 0. The van der Waals surface area contributed by atoms with Crippen LogP contribution in [0.25, 0.3) is 0 Å². The number of aryl methyl sites for hydroxylation is 2. The van der Waals surface area contributed by atoms with Gasteiger partial charge in [-0.05, 0) is 19.4 Å². The van der Waals surface area contributed by atoms with Crippen molar-refractivity contribution in [1.82, 2.24) is 0 Å². The summed E-state index contributed by atoms with van der Waals surface area (Å²) in [5, 5.41) is 0. The molecule has 1 aromatic rings. The van der Waals surface area contributed by atoms with Crippen LogP contribution in [0.1, 0.15) is 48.6 Å². The van der Waals surface area contributed by atoms with Crippen LogP contribution in [-0.4, -0.2) is 12.6 Å². The number of unbranched alkanes of at least 4 members (excludes halogenated alkanes) is 1. The topological polar surface area (TPSA) is 39.4 Å². The van der Waals surface area contributed by atoms with Crippen LogP contribution >= 0.6 is 0 Å². The Morgan fingerprint density at radius 3 is 2.80 bits per heavy atom. The third-order valence-corrected chi connectivity index (χ3v) is 2.20. The molecule has 0 saturated carbocycles. The lowest BCUT2D eigenvalue weighted by molar-refractivity contribution is 0.0497. The first-order chi connectivity index (χ1) is 7.19. The molecule has 0 aliphatic rings. The van der Waals surface area contributed by atoms with E-state index in [0.29, 0.717) is 24.4 Å². The van der Waals surface area contributed by atoms with Crippen LogP contribution in [0.5, 0.6) is 0 Å². The molecule has 3 heteroatoms.